The molecule has 3 nitrogen and oxygen atoms in total. The van der Waals surface area contributed by atoms with Crippen molar-refractivity contribution in [2.75, 3.05) is 33.2 Å². The zero-order chi connectivity index (χ0) is 13.7. The Hall–Kier alpha value is -1.32. The van der Waals surface area contributed by atoms with Crippen molar-refractivity contribution in [3.05, 3.63) is 40.9 Å². The first-order chi connectivity index (χ1) is 9.15. The minimum absolute atomic E-state index is 0.214. The van der Waals surface area contributed by atoms with Crippen LogP contribution in [0.25, 0.3) is 6.08 Å². The largest absolute Gasteiger partial charge is 0.344 e. The molecular weight excluding hydrogens is 260 g/mol. The fraction of sp³-hybridized carbons (Fsp3) is 0.400. The van der Waals surface area contributed by atoms with Gasteiger partial charge in [0.1, 0.15) is 0 Å². The topological polar surface area (TPSA) is 23.6 Å². The van der Waals surface area contributed by atoms with Crippen LogP contribution in [-0.4, -0.2) is 48.9 Å². The van der Waals surface area contributed by atoms with E-state index in [9.17, 15) is 4.79 Å². The molecule has 0 atom stereocenters. The fourth-order valence-electron chi connectivity index (χ4n) is 2.12. The molecule has 1 aliphatic heterocycles. The highest BCUT2D eigenvalue weighted by molar-refractivity contribution is 6.31. The van der Waals surface area contributed by atoms with Crippen LogP contribution in [0.3, 0.4) is 0 Å². The number of hydrogen-bond acceptors (Lipinski definition) is 2. The average molecular weight is 279 g/mol. The first-order valence-corrected chi connectivity index (χ1v) is 6.90. The normalized spacial score (nSPS) is 18.5. The first kappa shape index (κ1) is 14.1. The number of hydrogen-bond donors (Lipinski definition) is 0. The van der Waals surface area contributed by atoms with Crippen LogP contribution >= 0.6 is 11.6 Å². The Bertz CT molecular complexity index is 458. The summed E-state index contributed by atoms with van der Waals surface area (Å²) in [6, 6.07) is 10.0. The second-order valence-electron chi connectivity index (χ2n) is 4.84. The Morgan fingerprint density at radius 1 is 1.26 bits per heavy atom. The van der Waals surface area contributed by atoms with Gasteiger partial charge >= 0.3 is 0 Å². The summed E-state index contributed by atoms with van der Waals surface area (Å²) >= 11 is 6.30. The monoisotopic (exact) mass is 278 g/mol. The van der Waals surface area contributed by atoms with Gasteiger partial charge in [-0.25, -0.2) is 0 Å². The summed E-state index contributed by atoms with van der Waals surface area (Å²) in [7, 11) is 1.85. The Morgan fingerprint density at radius 2 is 2.00 bits per heavy atom. The molecule has 1 heterocycles. The molecule has 2 rings (SSSR count). The van der Waals surface area contributed by atoms with Crippen LogP contribution in [0.15, 0.2) is 35.4 Å². The van der Waals surface area contributed by atoms with Crippen LogP contribution in [0.2, 0.25) is 0 Å². The summed E-state index contributed by atoms with van der Waals surface area (Å²) in [5.74, 6) is 0.214. The molecule has 1 aromatic carbocycles. The Morgan fingerprint density at radius 3 is 2.74 bits per heavy atom. The molecule has 1 aromatic rings. The third-order valence-corrected chi connectivity index (χ3v) is 3.55. The summed E-state index contributed by atoms with van der Waals surface area (Å²) in [5, 5.41) is 0.809. The minimum atomic E-state index is 0.214. The van der Waals surface area contributed by atoms with E-state index in [4.69, 9.17) is 11.6 Å². The Balaban J connectivity index is 1.94. The highest BCUT2D eigenvalue weighted by Crippen LogP contribution is 2.13. The van der Waals surface area contributed by atoms with Crippen LogP contribution in [-0.2, 0) is 4.79 Å². The van der Waals surface area contributed by atoms with Gasteiger partial charge in [-0.05, 0) is 11.6 Å². The second kappa shape index (κ2) is 6.73. The number of rotatable bonds is 3. The number of amides is 1. The third kappa shape index (κ3) is 4.37. The van der Waals surface area contributed by atoms with E-state index in [1.807, 2.05) is 43.5 Å². The van der Waals surface area contributed by atoms with Gasteiger partial charge in [-0.2, -0.15) is 0 Å². The number of carbonyl (C=O) groups is 1. The van der Waals surface area contributed by atoms with Crippen LogP contribution < -0.4 is 0 Å². The molecule has 102 valence electrons. The summed E-state index contributed by atoms with van der Waals surface area (Å²) < 4.78 is 0. The van der Waals surface area contributed by atoms with Crippen LogP contribution in [0.4, 0.5) is 0 Å². The van der Waals surface area contributed by atoms with Gasteiger partial charge in [0, 0.05) is 44.7 Å². The Kier molecular flexibility index (Phi) is 5.00. The summed E-state index contributed by atoms with van der Waals surface area (Å²) in [6.45, 7) is 3.13. The molecular formula is C15H19ClN2O. The average Bonchev–Trinajstić information content (AvgIpc) is 2.55. The molecule has 4 heteroatoms. The molecule has 19 heavy (non-hydrogen) atoms. The molecule has 1 fully saturated rings. The molecule has 0 N–H and O–H groups in total. The zero-order valence-corrected chi connectivity index (χ0v) is 11.9. The highest BCUT2D eigenvalue weighted by atomic mass is 35.5. The van der Waals surface area contributed by atoms with Gasteiger partial charge in [0.2, 0.25) is 5.91 Å². The zero-order valence-electron chi connectivity index (χ0n) is 11.2. The van der Waals surface area contributed by atoms with Gasteiger partial charge in [-0.3, -0.25) is 9.69 Å². The van der Waals surface area contributed by atoms with Gasteiger partial charge in [0.25, 0.3) is 0 Å². The second-order valence-corrected chi connectivity index (χ2v) is 5.33. The van der Waals surface area contributed by atoms with Crippen molar-refractivity contribution in [2.45, 2.75) is 6.42 Å². The number of benzene rings is 1. The quantitative estimate of drug-likeness (QED) is 0.848. The predicted molar refractivity (Wildman–Crippen MR) is 79.0 cm³/mol. The summed E-state index contributed by atoms with van der Waals surface area (Å²) in [5.41, 5.74) is 1.11. The van der Waals surface area contributed by atoms with Crippen molar-refractivity contribution >= 4 is 23.6 Å². The fourth-order valence-corrected chi connectivity index (χ4v) is 2.42. The van der Waals surface area contributed by atoms with Crippen LogP contribution in [0.1, 0.15) is 12.0 Å². The van der Waals surface area contributed by atoms with E-state index in [1.165, 1.54) is 0 Å². The number of halogens is 1. The third-order valence-electron chi connectivity index (χ3n) is 3.32. The van der Waals surface area contributed by atoms with E-state index in [-0.39, 0.29) is 5.91 Å². The molecule has 0 aromatic heterocycles. The molecule has 0 radical (unpaired) electrons. The van der Waals surface area contributed by atoms with Crippen molar-refractivity contribution in [1.29, 1.82) is 0 Å². The standard InChI is InChI=1S/C15H19ClN2O/c1-17-9-10-18(8-7-15(17)19)12-14(16)11-13-5-3-2-4-6-13/h2-6,11H,7-10,12H2,1H3/b14-11-. The minimum Gasteiger partial charge on any atom is -0.344 e. The first-order valence-electron chi connectivity index (χ1n) is 6.52. The lowest BCUT2D eigenvalue weighted by molar-refractivity contribution is -0.129. The van der Waals surface area contributed by atoms with E-state index >= 15 is 0 Å². The lowest BCUT2D eigenvalue weighted by Gasteiger charge is -2.19. The molecule has 0 saturated carbocycles. The molecule has 1 saturated heterocycles. The smallest absolute Gasteiger partial charge is 0.223 e. The van der Waals surface area contributed by atoms with Gasteiger partial charge in [-0.15, -0.1) is 0 Å². The van der Waals surface area contributed by atoms with Gasteiger partial charge in [0.15, 0.2) is 0 Å². The molecule has 1 aliphatic rings. The van der Waals surface area contributed by atoms with E-state index in [2.05, 4.69) is 4.90 Å². The number of nitrogens with zero attached hydrogens (tertiary/aromatic N) is 2. The van der Waals surface area contributed by atoms with Gasteiger partial charge < -0.3 is 4.90 Å². The molecule has 1 amide bonds. The molecule has 0 spiro atoms. The van der Waals surface area contributed by atoms with Crippen molar-refractivity contribution in [2.24, 2.45) is 0 Å². The maximum atomic E-state index is 11.6. The Labute approximate surface area is 119 Å². The molecule has 0 unspecified atom stereocenters. The van der Waals surface area contributed by atoms with Gasteiger partial charge in [-0.1, -0.05) is 41.9 Å². The van der Waals surface area contributed by atoms with E-state index < -0.39 is 0 Å². The van der Waals surface area contributed by atoms with E-state index in [1.54, 1.807) is 4.90 Å². The number of carbonyl (C=O) groups excluding carboxylic acids is 1. The maximum Gasteiger partial charge on any atom is 0.223 e. The molecule has 0 bridgehead atoms. The highest BCUT2D eigenvalue weighted by Gasteiger charge is 2.17. The predicted octanol–water partition coefficient (Wildman–Crippen LogP) is 2.43. The summed E-state index contributed by atoms with van der Waals surface area (Å²) in [4.78, 5) is 15.6. The van der Waals surface area contributed by atoms with Crippen LogP contribution in [0.5, 0.6) is 0 Å². The maximum absolute atomic E-state index is 11.6. The van der Waals surface area contributed by atoms with Crippen LogP contribution in [0, 0.1) is 0 Å². The van der Waals surface area contributed by atoms with Crippen molar-refractivity contribution in [3.63, 3.8) is 0 Å². The van der Waals surface area contributed by atoms with Gasteiger partial charge in [0.05, 0.1) is 0 Å². The van der Waals surface area contributed by atoms with E-state index in [0.29, 0.717) is 13.0 Å². The lowest BCUT2D eigenvalue weighted by atomic mass is 10.2. The van der Waals surface area contributed by atoms with E-state index in [0.717, 1.165) is 30.2 Å². The van der Waals surface area contributed by atoms with Crippen molar-refractivity contribution < 1.29 is 4.79 Å². The van der Waals surface area contributed by atoms with Crippen molar-refractivity contribution in [1.82, 2.24) is 9.80 Å². The number of likely N-dealkylation sites (N-methyl/N-ethyl adjacent to an activating group) is 1. The van der Waals surface area contributed by atoms with Crippen molar-refractivity contribution in [3.8, 4) is 0 Å². The lowest BCUT2D eigenvalue weighted by Crippen LogP contribution is -2.30. The summed E-state index contributed by atoms with van der Waals surface area (Å²) in [6.07, 6.45) is 2.56. The SMILES string of the molecule is CN1CCN(C/C(Cl)=C/c2ccccc2)CCC1=O. The molecule has 0 aliphatic carbocycles.